The Balaban J connectivity index is 1.35. The van der Waals surface area contributed by atoms with Crippen LogP contribution in [0, 0.1) is 0 Å². The van der Waals surface area contributed by atoms with Gasteiger partial charge in [0.05, 0.1) is 0 Å². The molecule has 0 aliphatic carbocycles. The molecule has 2 atom stereocenters. The first-order valence-corrected chi connectivity index (χ1v) is 8.99. The van der Waals surface area contributed by atoms with Crippen LogP contribution in [0.4, 0.5) is 10.5 Å². The highest BCUT2D eigenvalue weighted by Gasteiger charge is 2.27. The van der Waals surface area contributed by atoms with E-state index in [-0.39, 0.29) is 18.0 Å². The van der Waals surface area contributed by atoms with Crippen LogP contribution in [0.1, 0.15) is 13.3 Å². The van der Waals surface area contributed by atoms with Gasteiger partial charge in [0.2, 0.25) is 5.91 Å². The number of rotatable bonds is 6. The fourth-order valence-electron chi connectivity index (χ4n) is 3.27. The Bertz CT molecular complexity index is 586. The van der Waals surface area contributed by atoms with E-state index in [4.69, 9.17) is 0 Å². The molecule has 2 heterocycles. The van der Waals surface area contributed by atoms with Crippen LogP contribution in [-0.2, 0) is 4.79 Å². The summed E-state index contributed by atoms with van der Waals surface area (Å²) in [6, 6.07) is 9.88. The number of anilines is 1. The predicted molar refractivity (Wildman–Crippen MR) is 97.6 cm³/mol. The van der Waals surface area contributed by atoms with Crippen LogP contribution < -0.4 is 20.9 Å². The van der Waals surface area contributed by atoms with E-state index in [0.29, 0.717) is 6.54 Å². The molecule has 1 aromatic rings. The van der Waals surface area contributed by atoms with Crippen molar-refractivity contribution < 1.29 is 9.59 Å². The minimum absolute atomic E-state index is 0.0946. The summed E-state index contributed by atoms with van der Waals surface area (Å²) in [6.07, 6.45) is 0.908. The molecule has 1 aromatic carbocycles. The summed E-state index contributed by atoms with van der Waals surface area (Å²) in [5.74, 6) is -0.111. The molecule has 2 aliphatic heterocycles. The zero-order chi connectivity index (χ0) is 17.6. The van der Waals surface area contributed by atoms with E-state index in [1.807, 2.05) is 13.0 Å². The summed E-state index contributed by atoms with van der Waals surface area (Å²) in [7, 11) is 0. The first-order chi connectivity index (χ1) is 12.1. The smallest absolute Gasteiger partial charge is 0.315 e. The number of hydrogen-bond acceptors (Lipinski definition) is 4. The lowest BCUT2D eigenvalue weighted by Gasteiger charge is -2.36. The Morgan fingerprint density at radius 2 is 1.96 bits per heavy atom. The van der Waals surface area contributed by atoms with Gasteiger partial charge in [0.15, 0.2) is 0 Å². The Hall–Kier alpha value is -2.28. The number of nitrogens with zero attached hydrogens (tertiary/aromatic N) is 2. The molecule has 2 fully saturated rings. The molecule has 7 nitrogen and oxygen atoms in total. The number of benzene rings is 1. The molecular weight excluding hydrogens is 318 g/mol. The average molecular weight is 345 g/mol. The van der Waals surface area contributed by atoms with Gasteiger partial charge in [-0.1, -0.05) is 18.2 Å². The van der Waals surface area contributed by atoms with Crippen LogP contribution in [-0.4, -0.2) is 68.2 Å². The number of urea groups is 1. The Morgan fingerprint density at radius 1 is 1.24 bits per heavy atom. The van der Waals surface area contributed by atoms with Crippen molar-refractivity contribution in [2.75, 3.05) is 44.2 Å². The second-order valence-electron chi connectivity index (χ2n) is 6.77. The second kappa shape index (κ2) is 8.20. The third-order valence-corrected chi connectivity index (χ3v) is 4.85. The van der Waals surface area contributed by atoms with Crippen molar-refractivity contribution in [2.45, 2.75) is 25.4 Å². The molecule has 0 saturated carbocycles. The zero-order valence-corrected chi connectivity index (χ0v) is 14.7. The molecule has 0 aromatic heterocycles. The van der Waals surface area contributed by atoms with E-state index in [9.17, 15) is 9.59 Å². The van der Waals surface area contributed by atoms with E-state index < -0.39 is 6.04 Å². The molecule has 0 bridgehead atoms. The molecule has 7 heteroatoms. The van der Waals surface area contributed by atoms with E-state index in [0.717, 1.165) is 39.1 Å². The summed E-state index contributed by atoms with van der Waals surface area (Å²) in [5, 5.41) is 8.19. The van der Waals surface area contributed by atoms with Gasteiger partial charge in [-0.3, -0.25) is 9.69 Å². The molecular formula is C18H27N5O2. The summed E-state index contributed by atoms with van der Waals surface area (Å²) >= 11 is 0. The zero-order valence-electron chi connectivity index (χ0n) is 14.7. The minimum atomic E-state index is -0.454. The summed E-state index contributed by atoms with van der Waals surface area (Å²) in [4.78, 5) is 28.0. The standard InChI is InChI=1S/C18H27N5O2/c1-14(20-17(24)16-13-19-18(25)21-16)7-8-22-9-11-23(12-10-22)15-5-3-2-4-6-15/h2-6,14,16H,7-13H2,1H3,(H,20,24)(H2,19,21,25)/t14-,16+/m1/s1. The Kier molecular flexibility index (Phi) is 5.75. The van der Waals surface area contributed by atoms with Crippen molar-refractivity contribution in [1.29, 1.82) is 0 Å². The third kappa shape index (κ3) is 4.85. The number of hydrogen-bond donors (Lipinski definition) is 3. The summed E-state index contributed by atoms with van der Waals surface area (Å²) in [6.45, 7) is 7.49. The van der Waals surface area contributed by atoms with E-state index in [1.165, 1.54) is 5.69 Å². The van der Waals surface area contributed by atoms with Crippen molar-refractivity contribution in [1.82, 2.24) is 20.9 Å². The number of piperazine rings is 1. The monoisotopic (exact) mass is 345 g/mol. The number of amides is 3. The van der Waals surface area contributed by atoms with Gasteiger partial charge in [-0.05, 0) is 25.5 Å². The first-order valence-electron chi connectivity index (χ1n) is 8.99. The lowest BCUT2D eigenvalue weighted by Crippen LogP contribution is -2.49. The van der Waals surface area contributed by atoms with Gasteiger partial charge in [0.25, 0.3) is 0 Å². The van der Waals surface area contributed by atoms with Crippen LogP contribution in [0.3, 0.4) is 0 Å². The van der Waals surface area contributed by atoms with Gasteiger partial charge in [-0.25, -0.2) is 4.79 Å². The molecule has 3 rings (SSSR count). The molecule has 136 valence electrons. The van der Waals surface area contributed by atoms with Gasteiger partial charge in [0, 0.05) is 51.0 Å². The topological polar surface area (TPSA) is 76.7 Å². The van der Waals surface area contributed by atoms with Crippen molar-refractivity contribution in [3.05, 3.63) is 30.3 Å². The fourth-order valence-corrected chi connectivity index (χ4v) is 3.27. The first kappa shape index (κ1) is 17.5. The number of para-hydroxylation sites is 1. The molecule has 2 saturated heterocycles. The fraction of sp³-hybridized carbons (Fsp3) is 0.556. The summed E-state index contributed by atoms with van der Waals surface area (Å²) in [5.41, 5.74) is 1.29. The maximum absolute atomic E-state index is 12.1. The summed E-state index contributed by atoms with van der Waals surface area (Å²) < 4.78 is 0. The number of carbonyl (C=O) groups excluding carboxylic acids is 2. The maximum Gasteiger partial charge on any atom is 0.315 e. The molecule has 0 radical (unpaired) electrons. The van der Waals surface area contributed by atoms with Crippen molar-refractivity contribution in [3.8, 4) is 0 Å². The van der Waals surface area contributed by atoms with Gasteiger partial charge in [-0.2, -0.15) is 0 Å². The second-order valence-corrected chi connectivity index (χ2v) is 6.77. The lowest BCUT2D eigenvalue weighted by atomic mass is 10.2. The van der Waals surface area contributed by atoms with Crippen LogP contribution in [0.5, 0.6) is 0 Å². The highest BCUT2D eigenvalue weighted by atomic mass is 16.2. The number of nitrogens with one attached hydrogen (secondary N) is 3. The molecule has 2 aliphatic rings. The molecule has 3 amide bonds. The van der Waals surface area contributed by atoms with Crippen molar-refractivity contribution in [2.24, 2.45) is 0 Å². The molecule has 3 N–H and O–H groups in total. The van der Waals surface area contributed by atoms with Crippen molar-refractivity contribution >= 4 is 17.6 Å². The Morgan fingerprint density at radius 3 is 2.60 bits per heavy atom. The SMILES string of the molecule is C[C@H](CCN1CCN(c2ccccc2)CC1)NC(=O)[C@@H]1CNC(=O)N1. The van der Waals surface area contributed by atoms with E-state index in [2.05, 4.69) is 50.0 Å². The van der Waals surface area contributed by atoms with Crippen LogP contribution in [0.2, 0.25) is 0 Å². The third-order valence-electron chi connectivity index (χ3n) is 4.85. The predicted octanol–water partition coefficient (Wildman–Crippen LogP) is 0.385. The van der Waals surface area contributed by atoms with Crippen LogP contribution in [0.15, 0.2) is 30.3 Å². The van der Waals surface area contributed by atoms with Gasteiger partial charge < -0.3 is 20.9 Å². The van der Waals surface area contributed by atoms with Gasteiger partial charge >= 0.3 is 6.03 Å². The normalized spacial score (nSPS) is 22.2. The molecule has 0 spiro atoms. The van der Waals surface area contributed by atoms with Crippen LogP contribution >= 0.6 is 0 Å². The maximum atomic E-state index is 12.1. The van der Waals surface area contributed by atoms with E-state index in [1.54, 1.807) is 0 Å². The number of carbonyl (C=O) groups is 2. The largest absolute Gasteiger partial charge is 0.369 e. The van der Waals surface area contributed by atoms with Gasteiger partial charge in [-0.15, -0.1) is 0 Å². The minimum Gasteiger partial charge on any atom is -0.369 e. The highest BCUT2D eigenvalue weighted by molar-refractivity contribution is 5.90. The molecule has 25 heavy (non-hydrogen) atoms. The average Bonchev–Trinajstić information content (AvgIpc) is 3.08. The van der Waals surface area contributed by atoms with Crippen LogP contribution in [0.25, 0.3) is 0 Å². The van der Waals surface area contributed by atoms with Gasteiger partial charge in [0.1, 0.15) is 6.04 Å². The molecule has 0 unspecified atom stereocenters. The highest BCUT2D eigenvalue weighted by Crippen LogP contribution is 2.15. The quantitative estimate of drug-likeness (QED) is 0.697. The van der Waals surface area contributed by atoms with E-state index >= 15 is 0 Å². The van der Waals surface area contributed by atoms with Crippen molar-refractivity contribution in [3.63, 3.8) is 0 Å². The Labute approximate surface area is 148 Å². The lowest BCUT2D eigenvalue weighted by molar-refractivity contribution is -0.123.